The molecule has 2 rings (SSSR count). The molecule has 2 aromatic rings. The van der Waals surface area contributed by atoms with Crippen LogP contribution < -0.4 is 31.9 Å². The van der Waals surface area contributed by atoms with E-state index in [1.807, 2.05) is 6.92 Å². The van der Waals surface area contributed by atoms with Crippen molar-refractivity contribution in [1.82, 2.24) is 9.55 Å². The number of nitrogen functional groups attached to an aromatic ring is 1. The highest BCUT2D eigenvalue weighted by molar-refractivity contribution is 5.96. The molecule has 0 fully saturated rings. The predicted octanol–water partition coefficient (Wildman–Crippen LogP) is 1.31. The van der Waals surface area contributed by atoms with Crippen LogP contribution in [0.4, 0.5) is 17.2 Å². The number of H-pyrrole nitrogens is 1. The minimum absolute atomic E-state index is 0.0638. The molecule has 2 amide bonds. The summed E-state index contributed by atoms with van der Waals surface area (Å²) in [5.74, 6) is -0.549. The first kappa shape index (κ1) is 22.7. The second-order valence-corrected chi connectivity index (χ2v) is 6.60. The fraction of sp³-hybridized carbons (Fsp3) is 0.400. The Kier molecular flexibility index (Phi) is 7.79. The van der Waals surface area contributed by atoms with E-state index >= 15 is 0 Å². The minimum Gasteiger partial charge on any atom is -0.482 e. The van der Waals surface area contributed by atoms with Gasteiger partial charge < -0.3 is 20.7 Å². The van der Waals surface area contributed by atoms with Crippen molar-refractivity contribution in [2.24, 2.45) is 0 Å². The Morgan fingerprint density at radius 2 is 1.93 bits per heavy atom. The number of para-hydroxylation sites is 2. The van der Waals surface area contributed by atoms with Crippen molar-refractivity contribution in [1.29, 1.82) is 0 Å². The zero-order valence-corrected chi connectivity index (χ0v) is 17.4. The van der Waals surface area contributed by atoms with Crippen LogP contribution in [0.1, 0.15) is 33.6 Å². The van der Waals surface area contributed by atoms with Gasteiger partial charge in [-0.15, -0.1) is 0 Å². The largest absolute Gasteiger partial charge is 0.482 e. The molecule has 0 aliphatic rings. The highest BCUT2D eigenvalue weighted by Gasteiger charge is 2.23. The molecule has 0 saturated carbocycles. The second-order valence-electron chi connectivity index (χ2n) is 6.60. The molecule has 162 valence electrons. The maximum atomic E-state index is 12.8. The number of nitrogens with zero attached hydrogens (tertiary/aromatic N) is 2. The number of carbonyl (C=O) groups is 2. The van der Waals surface area contributed by atoms with Gasteiger partial charge in [0.25, 0.3) is 11.5 Å². The van der Waals surface area contributed by atoms with Crippen molar-refractivity contribution in [3.63, 3.8) is 0 Å². The average Bonchev–Trinajstić information content (AvgIpc) is 2.69. The Hall–Kier alpha value is -3.56. The molecule has 1 aromatic heterocycles. The van der Waals surface area contributed by atoms with Gasteiger partial charge in [0.2, 0.25) is 5.91 Å². The molecule has 0 unspecified atom stereocenters. The number of anilines is 3. The number of ether oxygens (including phenoxy) is 1. The first-order valence-corrected chi connectivity index (χ1v) is 9.72. The third-order valence-corrected chi connectivity index (χ3v) is 4.39. The van der Waals surface area contributed by atoms with Crippen molar-refractivity contribution in [3.05, 3.63) is 45.1 Å². The molecule has 30 heavy (non-hydrogen) atoms. The van der Waals surface area contributed by atoms with E-state index in [0.717, 1.165) is 6.42 Å². The predicted molar refractivity (Wildman–Crippen MR) is 115 cm³/mol. The standard InChI is InChI=1S/C20H27N5O5/c1-4-6-11-25-18(21)17(19(28)23-20(25)29)24(5-2)16(27)12-30-15-10-8-7-9-14(15)22-13(3)26/h7-10H,4-6,11-12,21H2,1-3H3,(H,22,26)(H,23,28,29). The van der Waals surface area contributed by atoms with Gasteiger partial charge in [-0.25, -0.2) is 4.79 Å². The van der Waals surface area contributed by atoms with E-state index in [9.17, 15) is 19.2 Å². The number of aromatic nitrogens is 2. The van der Waals surface area contributed by atoms with E-state index < -0.39 is 23.8 Å². The van der Waals surface area contributed by atoms with Crippen LogP contribution in [-0.4, -0.2) is 34.5 Å². The molecule has 0 aliphatic heterocycles. The van der Waals surface area contributed by atoms with Gasteiger partial charge in [0, 0.05) is 20.0 Å². The summed E-state index contributed by atoms with van der Waals surface area (Å²) < 4.78 is 6.83. The summed E-state index contributed by atoms with van der Waals surface area (Å²) in [5.41, 5.74) is 5.07. The van der Waals surface area contributed by atoms with Gasteiger partial charge in [-0.2, -0.15) is 0 Å². The molecular formula is C20H27N5O5. The summed E-state index contributed by atoms with van der Waals surface area (Å²) in [7, 11) is 0. The summed E-state index contributed by atoms with van der Waals surface area (Å²) >= 11 is 0. The van der Waals surface area contributed by atoms with Crippen molar-refractivity contribution in [3.8, 4) is 5.75 Å². The van der Waals surface area contributed by atoms with Gasteiger partial charge in [0.15, 0.2) is 12.3 Å². The summed E-state index contributed by atoms with van der Waals surface area (Å²) in [6.07, 6.45) is 1.52. The highest BCUT2D eigenvalue weighted by Crippen LogP contribution is 2.24. The first-order chi connectivity index (χ1) is 14.3. The summed E-state index contributed by atoms with van der Waals surface area (Å²) in [6, 6.07) is 6.68. The third-order valence-electron chi connectivity index (χ3n) is 4.39. The number of nitrogens with two attached hydrogens (primary N) is 1. The molecule has 0 radical (unpaired) electrons. The Morgan fingerprint density at radius 1 is 1.23 bits per heavy atom. The Bertz CT molecular complexity index is 1030. The molecule has 1 heterocycles. The van der Waals surface area contributed by atoms with Crippen LogP contribution in [0.15, 0.2) is 33.9 Å². The summed E-state index contributed by atoms with van der Waals surface area (Å²) in [5, 5.41) is 2.62. The molecule has 0 aliphatic carbocycles. The number of aromatic amines is 1. The number of rotatable bonds is 9. The van der Waals surface area contributed by atoms with Gasteiger partial charge in [-0.1, -0.05) is 25.5 Å². The van der Waals surface area contributed by atoms with E-state index in [4.69, 9.17) is 10.5 Å². The van der Waals surface area contributed by atoms with E-state index in [1.54, 1.807) is 31.2 Å². The Labute approximate surface area is 173 Å². The average molecular weight is 417 g/mol. The van der Waals surface area contributed by atoms with E-state index in [1.165, 1.54) is 16.4 Å². The fourth-order valence-electron chi connectivity index (χ4n) is 2.94. The zero-order chi connectivity index (χ0) is 22.3. The topological polar surface area (TPSA) is 140 Å². The molecule has 1 aromatic carbocycles. The number of hydrogen-bond donors (Lipinski definition) is 3. The lowest BCUT2D eigenvalue weighted by Gasteiger charge is -2.23. The van der Waals surface area contributed by atoms with Crippen LogP contribution in [-0.2, 0) is 16.1 Å². The molecule has 0 spiro atoms. The van der Waals surface area contributed by atoms with Crippen LogP contribution in [0.5, 0.6) is 5.75 Å². The lowest BCUT2D eigenvalue weighted by Crippen LogP contribution is -2.42. The van der Waals surface area contributed by atoms with Crippen LogP contribution in [0, 0.1) is 0 Å². The highest BCUT2D eigenvalue weighted by atomic mass is 16.5. The van der Waals surface area contributed by atoms with Crippen LogP contribution >= 0.6 is 0 Å². The Morgan fingerprint density at radius 3 is 2.57 bits per heavy atom. The number of likely N-dealkylation sites (N-methyl/N-ethyl adjacent to an activating group) is 1. The maximum Gasteiger partial charge on any atom is 0.330 e. The van der Waals surface area contributed by atoms with Gasteiger partial charge in [-0.3, -0.25) is 23.9 Å². The molecule has 0 atom stereocenters. The van der Waals surface area contributed by atoms with Gasteiger partial charge >= 0.3 is 5.69 Å². The number of unbranched alkanes of at least 4 members (excludes halogenated alkanes) is 1. The number of benzene rings is 1. The summed E-state index contributed by atoms with van der Waals surface area (Å²) in [4.78, 5) is 52.1. The smallest absolute Gasteiger partial charge is 0.330 e. The van der Waals surface area contributed by atoms with Crippen molar-refractivity contribution in [2.75, 3.05) is 29.1 Å². The number of nitrogens with one attached hydrogen (secondary N) is 2. The van der Waals surface area contributed by atoms with Crippen LogP contribution in [0.2, 0.25) is 0 Å². The molecule has 0 saturated heterocycles. The van der Waals surface area contributed by atoms with Crippen molar-refractivity contribution < 1.29 is 14.3 Å². The molecule has 4 N–H and O–H groups in total. The zero-order valence-electron chi connectivity index (χ0n) is 17.4. The monoisotopic (exact) mass is 417 g/mol. The van der Waals surface area contributed by atoms with Gasteiger partial charge in [0.05, 0.1) is 5.69 Å². The fourth-order valence-corrected chi connectivity index (χ4v) is 2.94. The van der Waals surface area contributed by atoms with Crippen LogP contribution in [0.25, 0.3) is 0 Å². The maximum absolute atomic E-state index is 12.8. The number of carbonyl (C=O) groups excluding carboxylic acids is 2. The van der Waals surface area contributed by atoms with E-state index in [0.29, 0.717) is 24.4 Å². The lowest BCUT2D eigenvalue weighted by atomic mass is 10.3. The molecule has 10 heteroatoms. The number of hydrogen-bond acceptors (Lipinski definition) is 6. The van der Waals surface area contributed by atoms with E-state index in [2.05, 4.69) is 10.3 Å². The van der Waals surface area contributed by atoms with E-state index in [-0.39, 0.29) is 24.0 Å². The third kappa shape index (κ3) is 5.28. The summed E-state index contributed by atoms with van der Waals surface area (Å²) in [6.45, 7) is 5.10. The quantitative estimate of drug-likeness (QED) is 0.562. The van der Waals surface area contributed by atoms with Crippen LogP contribution in [0.3, 0.4) is 0 Å². The lowest BCUT2D eigenvalue weighted by molar-refractivity contribution is -0.120. The van der Waals surface area contributed by atoms with Crippen molar-refractivity contribution >= 4 is 29.0 Å². The first-order valence-electron chi connectivity index (χ1n) is 9.72. The molecule has 0 bridgehead atoms. The normalized spacial score (nSPS) is 10.5. The van der Waals surface area contributed by atoms with Gasteiger partial charge in [-0.05, 0) is 25.5 Å². The second kappa shape index (κ2) is 10.3. The molecule has 10 nitrogen and oxygen atoms in total. The number of amides is 2. The van der Waals surface area contributed by atoms with Gasteiger partial charge in [0.1, 0.15) is 11.6 Å². The SMILES string of the molecule is CCCCn1c(N)c(N(CC)C(=O)COc2ccccc2NC(C)=O)c(=O)[nH]c1=O. The molecular weight excluding hydrogens is 390 g/mol. The van der Waals surface area contributed by atoms with Crippen molar-refractivity contribution in [2.45, 2.75) is 40.2 Å². The minimum atomic E-state index is -0.737. The Balaban J connectivity index is 2.29.